The maximum Gasteiger partial charge on any atom is 0.397 e. The summed E-state index contributed by atoms with van der Waals surface area (Å²) < 4.78 is 266. The standard InChI is InChI=1S/C26H44N2O39S6/c1-55-15-11(31)17(66-72(49,50)51)25(64-19(15)21(33)34)62-14-6(4-58-71(46,47)48)60-24(8(10(14)30)28-69(40,41)42)63-16-12(32)18(67-73(52,53)54)26(65-20(16)22(35)36)61-13-5(3-57-70(43,44)45)59-23(56-2)7(9(13)29)27-68(37,38)39/h5-20,23-32H,3-4H2,1-2H3,(H,33,34)(H,35,36)(H,37,38,39)(H,40,41,42)(H,43,44,45)(H,46,47,48)(H,49,50,51)(H,52,53,54)/t5?,6?,7?,8?,9-,10-,11+,12+,13+,14-,15+,16+,17?,18?,19?,20?,23-,24-,25+,26+/m0/s1. The molecule has 41 nitrogen and oxygen atoms in total. The Labute approximate surface area is 409 Å². The Morgan fingerprint density at radius 2 is 0.781 bits per heavy atom. The molecule has 0 aromatic rings. The largest absolute Gasteiger partial charge is 0.479 e. The minimum atomic E-state index is -6.00. The van der Waals surface area contributed by atoms with Crippen LogP contribution in [0.3, 0.4) is 0 Å². The smallest absolute Gasteiger partial charge is 0.397 e. The lowest BCUT2D eigenvalue weighted by molar-refractivity contribution is -0.368. The zero-order valence-corrected chi connectivity index (χ0v) is 40.7. The lowest BCUT2D eigenvalue weighted by Gasteiger charge is -2.50. The van der Waals surface area contributed by atoms with E-state index in [9.17, 15) is 113 Å². The Morgan fingerprint density at radius 1 is 0.438 bits per heavy atom. The van der Waals surface area contributed by atoms with Gasteiger partial charge in [0, 0.05) is 14.2 Å². The molecule has 0 aromatic carbocycles. The topological polar surface area (TPSA) is 626 Å². The van der Waals surface area contributed by atoms with Crippen molar-refractivity contribution in [2.24, 2.45) is 0 Å². The third-order valence-corrected chi connectivity index (χ3v) is 13.0. The van der Waals surface area contributed by atoms with Gasteiger partial charge in [-0.1, -0.05) is 0 Å². The highest BCUT2D eigenvalue weighted by molar-refractivity contribution is 7.84. The van der Waals surface area contributed by atoms with Crippen LogP contribution in [0, 0.1) is 0 Å². The van der Waals surface area contributed by atoms with Crippen LogP contribution in [0.4, 0.5) is 0 Å². The third kappa shape index (κ3) is 17.8. The van der Waals surface area contributed by atoms with E-state index in [1.807, 2.05) is 0 Å². The molecule has 4 aliphatic heterocycles. The molecule has 0 radical (unpaired) electrons. The van der Waals surface area contributed by atoms with E-state index < -0.39 is 210 Å². The van der Waals surface area contributed by atoms with Crippen LogP contribution >= 0.6 is 0 Å². The van der Waals surface area contributed by atoms with Crippen LogP contribution in [-0.4, -0.2) is 271 Å². The van der Waals surface area contributed by atoms with E-state index in [0.29, 0.717) is 0 Å². The number of carboxylic acid groups (broad SMARTS) is 2. The molecular formula is C26H44N2O39S6. The van der Waals surface area contributed by atoms with Gasteiger partial charge in [0.25, 0.3) is 0 Å². The molecule has 4 rings (SSSR count). The fourth-order valence-corrected chi connectivity index (χ4v) is 10.1. The summed E-state index contributed by atoms with van der Waals surface area (Å²) in [5.41, 5.74) is 0. The summed E-state index contributed by atoms with van der Waals surface area (Å²) in [5.74, 6) is -4.36. The first kappa shape index (κ1) is 63.2. The van der Waals surface area contributed by atoms with Crippen LogP contribution in [0.1, 0.15) is 0 Å². The number of nitrogens with one attached hydrogen (secondary N) is 2. The van der Waals surface area contributed by atoms with Gasteiger partial charge in [0.05, 0.1) is 13.2 Å². The van der Waals surface area contributed by atoms with Crippen LogP contribution in [-0.2, 0) is 131 Å². The highest BCUT2D eigenvalue weighted by Gasteiger charge is 2.60. The Hall–Kier alpha value is -2.36. The van der Waals surface area contributed by atoms with Crippen molar-refractivity contribution in [2.45, 2.75) is 123 Å². The number of aliphatic hydroxyl groups is 4. The number of hydrogen-bond acceptors (Lipinski definition) is 31. The molecule has 0 aliphatic carbocycles. The molecule has 0 aromatic heterocycles. The maximum atomic E-state index is 12.8. The summed E-state index contributed by atoms with van der Waals surface area (Å²) >= 11 is 0. The van der Waals surface area contributed by atoms with Gasteiger partial charge in [-0.15, -0.1) is 0 Å². The van der Waals surface area contributed by atoms with Gasteiger partial charge >= 0.3 is 74.1 Å². The molecule has 14 N–H and O–H groups in total. The molecular weight excluding hydrogens is 1160 g/mol. The zero-order chi connectivity index (χ0) is 55.7. The van der Waals surface area contributed by atoms with E-state index in [2.05, 4.69) is 16.7 Å². The van der Waals surface area contributed by atoms with Gasteiger partial charge in [0.1, 0.15) is 73.1 Å². The normalized spacial score (nSPS) is 38.4. The first-order valence-corrected chi connectivity index (χ1v) is 27.3. The maximum absolute atomic E-state index is 12.8. The van der Waals surface area contributed by atoms with Crippen molar-refractivity contribution in [3.63, 3.8) is 0 Å². The van der Waals surface area contributed by atoms with Gasteiger partial charge in [0.15, 0.2) is 49.6 Å². The average molecular weight is 1200 g/mol. The molecule has 4 aliphatic rings. The number of aliphatic carboxylic acids is 2. The van der Waals surface area contributed by atoms with Crippen molar-refractivity contribution < 1.29 is 177 Å². The zero-order valence-electron chi connectivity index (χ0n) is 35.8. The van der Waals surface area contributed by atoms with Crippen molar-refractivity contribution in [1.82, 2.24) is 9.44 Å². The molecule has 0 spiro atoms. The summed E-state index contributed by atoms with van der Waals surface area (Å²) in [4.78, 5) is 24.9. The Morgan fingerprint density at radius 3 is 1.11 bits per heavy atom. The highest BCUT2D eigenvalue weighted by Crippen LogP contribution is 2.37. The van der Waals surface area contributed by atoms with E-state index in [-0.39, 0.29) is 0 Å². The summed E-state index contributed by atoms with van der Waals surface area (Å²) in [7, 11) is -32.5. The average Bonchev–Trinajstić information content (AvgIpc) is 3.21. The Bertz CT molecular complexity index is 2620. The third-order valence-electron chi connectivity index (χ3n) is 10.1. The summed E-state index contributed by atoms with van der Waals surface area (Å²) in [5, 5.41) is 65.3. The summed E-state index contributed by atoms with van der Waals surface area (Å²) in [6, 6.07) is -5.08. The number of carboxylic acids is 2. The van der Waals surface area contributed by atoms with Gasteiger partial charge in [-0.2, -0.15) is 60.0 Å². The van der Waals surface area contributed by atoms with Gasteiger partial charge in [-0.3, -0.25) is 27.3 Å². The van der Waals surface area contributed by atoms with Gasteiger partial charge in [-0.25, -0.2) is 26.3 Å². The summed E-state index contributed by atoms with van der Waals surface area (Å²) in [6.07, 6.45) is -47.9. The van der Waals surface area contributed by atoms with E-state index in [1.54, 1.807) is 0 Å². The monoisotopic (exact) mass is 1200 g/mol. The molecule has 47 heteroatoms. The van der Waals surface area contributed by atoms with Gasteiger partial charge < -0.3 is 73.3 Å². The van der Waals surface area contributed by atoms with Gasteiger partial charge in [-0.05, 0) is 0 Å². The van der Waals surface area contributed by atoms with Crippen molar-refractivity contribution in [3.8, 4) is 0 Å². The Balaban J connectivity index is 1.82. The second kappa shape index (κ2) is 24.1. The minimum Gasteiger partial charge on any atom is -0.479 e. The molecule has 0 saturated carbocycles. The molecule has 20 atom stereocenters. The molecule has 4 fully saturated rings. The predicted octanol–water partition coefficient (Wildman–Crippen LogP) is -10.1. The van der Waals surface area contributed by atoms with Crippen molar-refractivity contribution >= 4 is 74.1 Å². The van der Waals surface area contributed by atoms with Crippen molar-refractivity contribution in [3.05, 3.63) is 0 Å². The first-order valence-electron chi connectivity index (χ1n) is 19.0. The van der Waals surface area contributed by atoms with E-state index in [0.717, 1.165) is 14.2 Å². The minimum absolute atomic E-state index is 0.762. The second-order valence-corrected chi connectivity index (χ2v) is 21.6. The fourth-order valence-electron chi connectivity index (χ4n) is 7.30. The Kier molecular flexibility index (Phi) is 20.9. The van der Waals surface area contributed by atoms with Crippen LogP contribution in [0.15, 0.2) is 0 Å². The molecule has 0 bridgehead atoms. The van der Waals surface area contributed by atoms with Crippen LogP contribution in [0.2, 0.25) is 0 Å². The second-order valence-electron chi connectivity index (χ2n) is 15.0. The SMILES string of the molecule is CO[C@H]1OC(COS(=O)(=O)O)[C@@H](O[C@@H]2OC(C(=O)O)[C@H](O[C@@H]3OC(COS(=O)(=O)O)[C@H](O[C@@H]4OC(C(=O)O)[C@H](OC)[C@@H](O)C4OS(=O)(=O)O)[C@@H](O)C3NS(=O)(=O)O)[C@@H](O)C2OS(=O)(=O)O)[C@@H](O)C1NS(=O)(=O)O. The molecule has 4 heterocycles. The number of aliphatic hydroxyl groups excluding tert-OH is 4. The van der Waals surface area contributed by atoms with Crippen LogP contribution < -0.4 is 9.44 Å². The number of methoxy groups -OCH3 is 2. The molecule has 0 amide bonds. The number of carbonyl (C=O) groups is 2. The van der Waals surface area contributed by atoms with E-state index in [4.69, 9.17) is 47.2 Å². The molecule has 73 heavy (non-hydrogen) atoms. The number of rotatable bonds is 24. The van der Waals surface area contributed by atoms with Crippen molar-refractivity contribution in [2.75, 3.05) is 27.4 Å². The van der Waals surface area contributed by atoms with Crippen LogP contribution in [0.5, 0.6) is 0 Å². The lowest BCUT2D eigenvalue weighted by Crippen LogP contribution is -2.70. The molecule has 8 unspecified atom stereocenters. The van der Waals surface area contributed by atoms with Crippen LogP contribution in [0.25, 0.3) is 0 Å². The highest BCUT2D eigenvalue weighted by atomic mass is 32.3. The molecule has 428 valence electrons. The number of ether oxygens (including phenoxy) is 9. The summed E-state index contributed by atoms with van der Waals surface area (Å²) in [6.45, 7) is -3.19. The van der Waals surface area contributed by atoms with Gasteiger partial charge in [0.2, 0.25) is 0 Å². The van der Waals surface area contributed by atoms with Crippen molar-refractivity contribution in [1.29, 1.82) is 0 Å². The predicted molar refractivity (Wildman–Crippen MR) is 211 cm³/mol. The van der Waals surface area contributed by atoms with E-state index in [1.165, 1.54) is 9.44 Å². The fraction of sp³-hybridized carbons (Fsp3) is 0.923. The first-order chi connectivity index (χ1) is 33.1. The quantitative estimate of drug-likeness (QED) is 0.0399. The molecule has 4 saturated heterocycles. The van der Waals surface area contributed by atoms with E-state index >= 15 is 0 Å². The lowest BCUT2D eigenvalue weighted by atomic mass is 9.94. The number of hydrogen-bond donors (Lipinski definition) is 14.